The number of urea groups is 1. The van der Waals surface area contributed by atoms with E-state index in [0.29, 0.717) is 41.6 Å². The highest BCUT2D eigenvalue weighted by molar-refractivity contribution is 6.23. The predicted molar refractivity (Wildman–Crippen MR) is 238 cm³/mol. The molecule has 0 spiro atoms. The SMILES string of the molecule is Nc1ncnc2c1c(-c1ccc(Oc3ccccc3)cc1)nn2C1CCN(C(=O)N2CCC(CCN3CCN(c4ccc5c(c4)C(=O)N(C4CCC(=O)NC4=O)C5=O)CC3)CC2)CC1. The highest BCUT2D eigenvalue weighted by Crippen LogP contribution is 2.36. The molecule has 3 N–H and O–H groups in total. The summed E-state index contributed by atoms with van der Waals surface area (Å²) in [4.78, 5) is 83.0. The highest BCUT2D eigenvalue weighted by Gasteiger charge is 2.45. The third kappa shape index (κ3) is 7.99. The molecular formula is C47H51N11O6. The number of piperazine rings is 1. The maximum absolute atomic E-state index is 13.8. The number of para-hydroxylation sites is 1. The Labute approximate surface area is 370 Å². The summed E-state index contributed by atoms with van der Waals surface area (Å²) in [6.07, 6.45) is 6.27. The number of rotatable bonds is 9. The molecule has 17 nitrogen and oxygen atoms in total. The van der Waals surface area contributed by atoms with E-state index in [4.69, 9.17) is 15.6 Å². The first-order valence-corrected chi connectivity index (χ1v) is 22.4. The summed E-state index contributed by atoms with van der Waals surface area (Å²) < 4.78 is 7.97. The van der Waals surface area contributed by atoms with Gasteiger partial charge in [-0.25, -0.2) is 19.4 Å². The lowest BCUT2D eigenvalue weighted by atomic mass is 9.93. The third-order valence-corrected chi connectivity index (χ3v) is 13.6. The molecule has 1 unspecified atom stereocenters. The molecule has 2 aromatic heterocycles. The van der Waals surface area contributed by atoms with Crippen LogP contribution in [0, 0.1) is 5.92 Å². The van der Waals surface area contributed by atoms with Gasteiger partial charge in [0.15, 0.2) is 5.65 Å². The number of nitrogen functional groups attached to an aromatic ring is 1. The molecule has 5 aliphatic rings. The van der Waals surface area contributed by atoms with Gasteiger partial charge in [0.05, 0.1) is 22.6 Å². The number of carbonyl (C=O) groups is 5. The second-order valence-electron chi connectivity index (χ2n) is 17.4. The number of benzene rings is 3. The second kappa shape index (κ2) is 17.4. The first-order chi connectivity index (χ1) is 31.2. The topological polar surface area (TPSA) is 192 Å². The highest BCUT2D eigenvalue weighted by atomic mass is 16.5. The van der Waals surface area contributed by atoms with Crippen molar-refractivity contribution in [3.63, 3.8) is 0 Å². The number of nitrogens with zero attached hydrogens (tertiary/aromatic N) is 9. The van der Waals surface area contributed by atoms with Crippen LogP contribution in [-0.2, 0) is 9.59 Å². The molecule has 7 heterocycles. The molecule has 0 bridgehead atoms. The lowest BCUT2D eigenvalue weighted by Gasteiger charge is -2.39. The molecule has 330 valence electrons. The number of fused-ring (bicyclic) bond motifs is 2. The van der Waals surface area contributed by atoms with Crippen LogP contribution in [0.15, 0.2) is 79.1 Å². The van der Waals surface area contributed by atoms with Crippen LogP contribution in [0.1, 0.15) is 71.7 Å². The lowest BCUT2D eigenvalue weighted by Crippen LogP contribution is -2.54. The Morgan fingerprint density at radius 2 is 1.44 bits per heavy atom. The van der Waals surface area contributed by atoms with Gasteiger partial charge in [-0.15, -0.1) is 0 Å². The van der Waals surface area contributed by atoms with Crippen LogP contribution >= 0.6 is 0 Å². The Morgan fingerprint density at radius 3 is 2.16 bits per heavy atom. The van der Waals surface area contributed by atoms with E-state index in [1.807, 2.05) is 75.1 Å². The van der Waals surface area contributed by atoms with Crippen molar-refractivity contribution in [2.24, 2.45) is 5.92 Å². The van der Waals surface area contributed by atoms with E-state index in [9.17, 15) is 24.0 Å². The molecule has 1 atom stereocenters. The Bertz CT molecular complexity index is 2600. The van der Waals surface area contributed by atoms with Gasteiger partial charge < -0.3 is 25.2 Å². The zero-order valence-corrected chi connectivity index (χ0v) is 35.6. The minimum Gasteiger partial charge on any atom is -0.457 e. The maximum Gasteiger partial charge on any atom is 0.320 e. The number of nitrogens with one attached hydrogen (secondary N) is 1. The molecule has 4 fully saturated rings. The molecular weight excluding hydrogens is 815 g/mol. The number of piperidine rings is 3. The van der Waals surface area contributed by atoms with Crippen molar-refractivity contribution in [2.45, 2.75) is 57.0 Å². The third-order valence-electron chi connectivity index (χ3n) is 13.6. The van der Waals surface area contributed by atoms with E-state index in [-0.39, 0.29) is 24.9 Å². The van der Waals surface area contributed by atoms with Crippen LogP contribution in [0.5, 0.6) is 11.5 Å². The van der Waals surface area contributed by atoms with Crippen LogP contribution in [0.2, 0.25) is 0 Å². The molecule has 17 heteroatoms. The van der Waals surface area contributed by atoms with E-state index in [1.165, 1.54) is 6.33 Å². The molecule has 64 heavy (non-hydrogen) atoms. The molecule has 10 rings (SSSR count). The van der Waals surface area contributed by atoms with Crippen LogP contribution in [0.25, 0.3) is 22.3 Å². The minimum absolute atomic E-state index is 0.0593. The van der Waals surface area contributed by atoms with Crippen LogP contribution in [0.4, 0.5) is 16.3 Å². The number of amides is 6. The quantitative estimate of drug-likeness (QED) is 0.190. The van der Waals surface area contributed by atoms with E-state index in [0.717, 1.165) is 117 Å². The summed E-state index contributed by atoms with van der Waals surface area (Å²) in [6.45, 7) is 7.14. The van der Waals surface area contributed by atoms with Gasteiger partial charge in [-0.1, -0.05) is 18.2 Å². The van der Waals surface area contributed by atoms with Gasteiger partial charge in [-0.05, 0) is 106 Å². The number of aromatic nitrogens is 4. The zero-order chi connectivity index (χ0) is 43.9. The summed E-state index contributed by atoms with van der Waals surface area (Å²) in [7, 11) is 0. The van der Waals surface area contributed by atoms with E-state index >= 15 is 0 Å². The van der Waals surface area contributed by atoms with Gasteiger partial charge in [0, 0.05) is 70.0 Å². The number of ether oxygens (including phenoxy) is 1. The number of hydrogen-bond donors (Lipinski definition) is 2. The van der Waals surface area contributed by atoms with Crippen molar-refractivity contribution in [3.05, 3.63) is 90.3 Å². The van der Waals surface area contributed by atoms with Crippen molar-refractivity contribution in [3.8, 4) is 22.8 Å². The second-order valence-corrected chi connectivity index (χ2v) is 17.4. The van der Waals surface area contributed by atoms with Gasteiger partial charge in [0.25, 0.3) is 11.8 Å². The summed E-state index contributed by atoms with van der Waals surface area (Å²) >= 11 is 0. The summed E-state index contributed by atoms with van der Waals surface area (Å²) in [5.41, 5.74) is 10.2. The number of carbonyl (C=O) groups excluding carboxylic acids is 5. The number of likely N-dealkylation sites (tertiary alicyclic amines) is 2. The van der Waals surface area contributed by atoms with E-state index in [1.54, 1.807) is 12.1 Å². The molecule has 6 amide bonds. The van der Waals surface area contributed by atoms with E-state index < -0.39 is 29.7 Å². The molecule has 0 aliphatic carbocycles. The van der Waals surface area contributed by atoms with Crippen molar-refractivity contribution in [1.82, 2.24) is 44.7 Å². The van der Waals surface area contributed by atoms with Gasteiger partial charge in [0.2, 0.25) is 11.8 Å². The van der Waals surface area contributed by atoms with Crippen molar-refractivity contribution in [1.29, 1.82) is 0 Å². The molecule has 3 aromatic carbocycles. The fraction of sp³-hybridized carbons (Fsp3) is 0.404. The minimum atomic E-state index is -0.977. The lowest BCUT2D eigenvalue weighted by molar-refractivity contribution is -0.136. The molecule has 5 aromatic rings. The van der Waals surface area contributed by atoms with Gasteiger partial charge in [-0.3, -0.25) is 34.3 Å². The van der Waals surface area contributed by atoms with Gasteiger partial charge in [-0.2, -0.15) is 5.10 Å². The Morgan fingerprint density at radius 1 is 0.750 bits per heavy atom. The zero-order valence-electron chi connectivity index (χ0n) is 35.6. The fourth-order valence-corrected chi connectivity index (χ4v) is 9.92. The largest absolute Gasteiger partial charge is 0.457 e. The average Bonchev–Trinajstić information content (AvgIpc) is 3.84. The molecule has 5 aliphatic heterocycles. The molecule has 4 saturated heterocycles. The van der Waals surface area contributed by atoms with Crippen molar-refractivity contribution < 1.29 is 28.7 Å². The fourth-order valence-electron chi connectivity index (χ4n) is 9.92. The number of anilines is 2. The van der Waals surface area contributed by atoms with Crippen LogP contribution in [0.3, 0.4) is 0 Å². The maximum atomic E-state index is 13.8. The van der Waals surface area contributed by atoms with Gasteiger partial charge >= 0.3 is 6.03 Å². The summed E-state index contributed by atoms with van der Waals surface area (Å²) in [5, 5.41) is 8.03. The first kappa shape index (κ1) is 41.1. The Balaban J connectivity index is 0.680. The summed E-state index contributed by atoms with van der Waals surface area (Å²) in [5.74, 6) is 0.435. The normalized spacial score (nSPS) is 20.3. The standard InChI is InChI=1S/C47H51N11O6/c48-42-40-41(31-6-9-35(10-7-31)64-34-4-2-1-3-5-34)52-58(43(40)50-29-49-42)32-17-22-56(23-18-32)47(63)55-20-15-30(16-21-55)14-19-53-24-26-54(27-25-53)33-8-11-36-37(28-33)46(62)57(45(36)61)38-12-13-39(59)51-44(38)60/h1-11,28-30,32,38H,12-27H2,(H2,48,49,50)(H,51,59,60). The first-order valence-electron chi connectivity index (χ1n) is 22.4. The molecule has 0 saturated carbocycles. The van der Waals surface area contributed by atoms with Crippen molar-refractivity contribution >= 4 is 52.2 Å². The Kier molecular flexibility index (Phi) is 11.2. The number of imide groups is 2. The van der Waals surface area contributed by atoms with Crippen LogP contribution in [-0.4, -0.2) is 134 Å². The Hall–Kier alpha value is -6.88. The van der Waals surface area contributed by atoms with Crippen LogP contribution < -0.4 is 20.7 Å². The monoisotopic (exact) mass is 865 g/mol. The van der Waals surface area contributed by atoms with Crippen molar-refractivity contribution in [2.75, 3.05) is 69.5 Å². The van der Waals surface area contributed by atoms with E-state index in [2.05, 4.69) is 25.1 Å². The number of hydrogen-bond acceptors (Lipinski definition) is 12. The number of nitrogens with two attached hydrogens (primary N) is 1. The smallest absolute Gasteiger partial charge is 0.320 e. The van der Waals surface area contributed by atoms with Gasteiger partial charge in [0.1, 0.15) is 35.4 Å². The predicted octanol–water partition coefficient (Wildman–Crippen LogP) is 4.95. The average molecular weight is 866 g/mol. The molecule has 0 radical (unpaired) electrons. The summed E-state index contributed by atoms with van der Waals surface area (Å²) in [6, 6.07) is 21.9.